The number of carbonyl (C=O) groups is 2. The Kier molecular flexibility index (Phi) is 5.52. The second-order valence-corrected chi connectivity index (χ2v) is 3.66. The van der Waals surface area contributed by atoms with Crippen molar-refractivity contribution >= 4 is 12.0 Å². The van der Waals surface area contributed by atoms with Crippen molar-refractivity contribution < 1.29 is 18.7 Å². The summed E-state index contributed by atoms with van der Waals surface area (Å²) in [6.45, 7) is 2.10. The SMILES string of the molecule is CCNC(=O)c1cnn(CC(=CF)COC(N)=O)c1. The highest BCUT2D eigenvalue weighted by Gasteiger charge is 2.09. The van der Waals surface area contributed by atoms with Crippen LogP contribution in [0.25, 0.3) is 0 Å². The minimum absolute atomic E-state index is 0.0587. The molecule has 104 valence electrons. The fourth-order valence-electron chi connectivity index (χ4n) is 1.31. The summed E-state index contributed by atoms with van der Waals surface area (Å²) >= 11 is 0. The van der Waals surface area contributed by atoms with Crippen LogP contribution >= 0.6 is 0 Å². The molecule has 3 N–H and O–H groups in total. The van der Waals surface area contributed by atoms with E-state index in [4.69, 9.17) is 5.73 Å². The first kappa shape index (κ1) is 14.7. The van der Waals surface area contributed by atoms with Gasteiger partial charge in [0.05, 0.1) is 24.6 Å². The number of nitrogens with two attached hydrogens (primary N) is 1. The number of nitrogens with one attached hydrogen (secondary N) is 1. The molecule has 0 aromatic carbocycles. The number of amides is 2. The van der Waals surface area contributed by atoms with Crippen molar-refractivity contribution in [1.29, 1.82) is 0 Å². The number of primary amides is 1. The van der Waals surface area contributed by atoms with Gasteiger partial charge in [-0.3, -0.25) is 9.48 Å². The molecule has 2 amide bonds. The van der Waals surface area contributed by atoms with Gasteiger partial charge in [-0.05, 0) is 6.92 Å². The summed E-state index contributed by atoms with van der Waals surface area (Å²) < 4.78 is 18.4. The summed E-state index contributed by atoms with van der Waals surface area (Å²) in [6, 6.07) is 0. The van der Waals surface area contributed by atoms with Crippen molar-refractivity contribution in [1.82, 2.24) is 15.1 Å². The quantitative estimate of drug-likeness (QED) is 0.789. The molecule has 0 unspecified atom stereocenters. The van der Waals surface area contributed by atoms with Crippen LogP contribution in [0.1, 0.15) is 17.3 Å². The van der Waals surface area contributed by atoms with E-state index in [1.807, 2.05) is 0 Å². The van der Waals surface area contributed by atoms with Crippen LogP contribution in [0.5, 0.6) is 0 Å². The lowest BCUT2D eigenvalue weighted by Crippen LogP contribution is -2.22. The molecule has 1 aromatic rings. The summed E-state index contributed by atoms with van der Waals surface area (Å²) in [5, 5.41) is 6.53. The Morgan fingerprint density at radius 3 is 2.95 bits per heavy atom. The molecule has 0 aliphatic rings. The summed E-state index contributed by atoms with van der Waals surface area (Å²) in [4.78, 5) is 21.9. The fraction of sp³-hybridized carbons (Fsp3) is 0.364. The van der Waals surface area contributed by atoms with Gasteiger partial charge in [-0.25, -0.2) is 9.18 Å². The first-order chi connectivity index (χ1) is 9.06. The van der Waals surface area contributed by atoms with Gasteiger partial charge in [0.15, 0.2) is 0 Å². The Morgan fingerprint density at radius 2 is 2.37 bits per heavy atom. The van der Waals surface area contributed by atoms with Crippen molar-refractivity contribution in [3.63, 3.8) is 0 Å². The van der Waals surface area contributed by atoms with Crippen LogP contribution in [-0.2, 0) is 11.3 Å². The number of rotatable bonds is 6. The van der Waals surface area contributed by atoms with Gasteiger partial charge in [0.2, 0.25) is 0 Å². The molecule has 0 saturated carbocycles. The Labute approximate surface area is 109 Å². The van der Waals surface area contributed by atoms with Crippen molar-refractivity contribution in [2.45, 2.75) is 13.5 Å². The van der Waals surface area contributed by atoms with E-state index < -0.39 is 6.09 Å². The van der Waals surface area contributed by atoms with Crippen LogP contribution in [0.15, 0.2) is 24.3 Å². The lowest BCUT2D eigenvalue weighted by atomic mass is 10.3. The molecule has 8 heteroatoms. The van der Waals surface area contributed by atoms with Crippen molar-refractivity contribution in [2.75, 3.05) is 13.2 Å². The first-order valence-corrected chi connectivity index (χ1v) is 5.57. The van der Waals surface area contributed by atoms with Crippen LogP contribution < -0.4 is 11.1 Å². The summed E-state index contributed by atoms with van der Waals surface area (Å²) in [6.07, 6.45) is 2.17. The number of carbonyl (C=O) groups excluding carboxylic acids is 2. The first-order valence-electron chi connectivity index (χ1n) is 5.57. The van der Waals surface area contributed by atoms with Crippen LogP contribution in [-0.4, -0.2) is 34.9 Å². The molecule has 0 aliphatic heterocycles. The number of aromatic nitrogens is 2. The van der Waals surface area contributed by atoms with E-state index in [9.17, 15) is 14.0 Å². The molecular formula is C11H15FN4O3. The number of ether oxygens (including phenoxy) is 1. The predicted octanol–water partition coefficient (Wildman–Crippen LogP) is 0.582. The van der Waals surface area contributed by atoms with Gasteiger partial charge in [-0.15, -0.1) is 0 Å². The average molecular weight is 270 g/mol. The van der Waals surface area contributed by atoms with Gasteiger partial charge in [-0.1, -0.05) is 0 Å². The number of hydrogen-bond donors (Lipinski definition) is 2. The van der Waals surface area contributed by atoms with E-state index in [2.05, 4.69) is 15.2 Å². The third-order valence-corrected chi connectivity index (χ3v) is 2.15. The van der Waals surface area contributed by atoms with E-state index in [-0.39, 0.29) is 24.6 Å². The van der Waals surface area contributed by atoms with Crippen LogP contribution in [0.3, 0.4) is 0 Å². The van der Waals surface area contributed by atoms with Gasteiger partial charge in [0.1, 0.15) is 6.61 Å². The Balaban J connectivity index is 2.61. The lowest BCUT2D eigenvalue weighted by molar-refractivity contribution is 0.0955. The molecule has 0 fully saturated rings. The molecule has 1 heterocycles. The minimum atomic E-state index is -0.983. The molecular weight excluding hydrogens is 255 g/mol. The predicted molar refractivity (Wildman–Crippen MR) is 65.0 cm³/mol. The summed E-state index contributed by atoms with van der Waals surface area (Å²) in [7, 11) is 0. The van der Waals surface area contributed by atoms with E-state index in [1.165, 1.54) is 17.1 Å². The number of hydrogen-bond acceptors (Lipinski definition) is 4. The average Bonchev–Trinajstić information content (AvgIpc) is 2.83. The zero-order chi connectivity index (χ0) is 14.3. The van der Waals surface area contributed by atoms with Crippen LogP contribution in [0.4, 0.5) is 9.18 Å². The summed E-state index contributed by atoms with van der Waals surface area (Å²) in [5.74, 6) is -0.257. The normalized spacial score (nSPS) is 11.2. The second kappa shape index (κ2) is 7.14. The minimum Gasteiger partial charge on any atom is -0.445 e. The van der Waals surface area contributed by atoms with Gasteiger partial charge in [-0.2, -0.15) is 5.10 Å². The third kappa shape index (κ3) is 4.78. The van der Waals surface area contributed by atoms with Crippen molar-refractivity contribution in [2.24, 2.45) is 5.73 Å². The maximum absolute atomic E-state index is 12.6. The Bertz CT molecular complexity index is 484. The van der Waals surface area contributed by atoms with Gasteiger partial charge in [0, 0.05) is 18.3 Å². The van der Waals surface area contributed by atoms with E-state index >= 15 is 0 Å². The molecule has 7 nitrogen and oxygen atoms in total. The van der Waals surface area contributed by atoms with Gasteiger partial charge < -0.3 is 15.8 Å². The fourth-order valence-corrected chi connectivity index (χ4v) is 1.31. The molecule has 0 atom stereocenters. The molecule has 0 saturated heterocycles. The molecule has 0 bridgehead atoms. The van der Waals surface area contributed by atoms with Crippen molar-refractivity contribution in [3.8, 4) is 0 Å². The molecule has 19 heavy (non-hydrogen) atoms. The standard InChI is InChI=1S/C11H15FN4O3/c1-2-14-10(17)9-4-15-16(6-9)5-8(3-12)7-19-11(13)18/h3-4,6H,2,5,7H2,1H3,(H2,13,18)(H,14,17). The highest BCUT2D eigenvalue weighted by atomic mass is 19.1. The highest BCUT2D eigenvalue weighted by molar-refractivity contribution is 5.93. The Hall–Kier alpha value is -2.38. The zero-order valence-electron chi connectivity index (χ0n) is 10.4. The Morgan fingerprint density at radius 1 is 1.63 bits per heavy atom. The summed E-state index contributed by atoms with van der Waals surface area (Å²) in [5.41, 5.74) is 5.32. The molecule has 1 aromatic heterocycles. The lowest BCUT2D eigenvalue weighted by Gasteiger charge is -2.05. The molecule has 0 radical (unpaired) electrons. The topological polar surface area (TPSA) is 99.2 Å². The molecule has 0 aliphatic carbocycles. The zero-order valence-corrected chi connectivity index (χ0v) is 10.4. The number of halogens is 1. The maximum atomic E-state index is 12.6. The number of nitrogens with zero attached hydrogens (tertiary/aromatic N) is 2. The van der Waals surface area contributed by atoms with E-state index in [0.717, 1.165) is 0 Å². The third-order valence-electron chi connectivity index (χ3n) is 2.15. The van der Waals surface area contributed by atoms with Gasteiger partial charge in [0.25, 0.3) is 5.91 Å². The van der Waals surface area contributed by atoms with Gasteiger partial charge >= 0.3 is 6.09 Å². The highest BCUT2D eigenvalue weighted by Crippen LogP contribution is 2.04. The smallest absolute Gasteiger partial charge is 0.404 e. The van der Waals surface area contributed by atoms with Crippen LogP contribution in [0, 0.1) is 0 Å². The van der Waals surface area contributed by atoms with E-state index in [1.54, 1.807) is 6.92 Å². The largest absolute Gasteiger partial charge is 0.445 e. The molecule has 0 spiro atoms. The second-order valence-electron chi connectivity index (χ2n) is 3.66. The van der Waals surface area contributed by atoms with E-state index in [0.29, 0.717) is 18.4 Å². The molecule has 1 rings (SSSR count). The van der Waals surface area contributed by atoms with Crippen molar-refractivity contribution in [3.05, 3.63) is 29.9 Å². The van der Waals surface area contributed by atoms with Crippen LogP contribution in [0.2, 0.25) is 0 Å². The monoisotopic (exact) mass is 270 g/mol. The maximum Gasteiger partial charge on any atom is 0.404 e.